The number of alkyl carbamates (subject to hydrolysis) is 1. The maximum absolute atomic E-state index is 14.3. The molecule has 0 saturated carbocycles. The van der Waals surface area contributed by atoms with E-state index in [0.717, 1.165) is 24.3 Å². The molecular weight excluding hydrogens is 510 g/mol. The molecule has 4 rings (SSSR count). The fourth-order valence-electron chi connectivity index (χ4n) is 3.81. The summed E-state index contributed by atoms with van der Waals surface area (Å²) in [5, 5.41) is 13.9. The van der Waals surface area contributed by atoms with Crippen LogP contribution in [0.5, 0.6) is 0 Å². The van der Waals surface area contributed by atoms with Gasteiger partial charge in [-0.05, 0) is 48.6 Å². The average molecular weight is 562 g/mol. The van der Waals surface area contributed by atoms with Gasteiger partial charge in [0.15, 0.2) is 6.27 Å². The summed E-state index contributed by atoms with van der Waals surface area (Å²) in [6.07, 6.45) is -10.7. The van der Waals surface area contributed by atoms with Crippen LogP contribution in [0, 0.1) is 11.8 Å². The molecule has 0 spiro atoms. The second-order valence-electron chi connectivity index (χ2n) is 8.36. The number of rotatable bonds is 11. The summed E-state index contributed by atoms with van der Waals surface area (Å²) in [5.41, 5.74) is 5.77. The molecule has 10 nitrogen and oxygen atoms in total. The van der Waals surface area contributed by atoms with Crippen molar-refractivity contribution in [3.05, 3.63) is 60.2 Å². The molecule has 0 bridgehead atoms. The maximum atomic E-state index is 14.3. The number of anilines is 1. The summed E-state index contributed by atoms with van der Waals surface area (Å²) in [6, 6.07) is 8.36. The first-order valence-corrected chi connectivity index (χ1v) is 12.9. The second kappa shape index (κ2) is 12.4. The quantitative estimate of drug-likeness (QED) is 0.355. The van der Waals surface area contributed by atoms with Crippen molar-refractivity contribution >= 4 is 21.8 Å². The fourth-order valence-corrected chi connectivity index (χ4v) is 4.92. The number of benzene rings is 2. The standard InChI is InChI=1S/C27H37N3O7S/c1-18(2)15-30(38(33,34)21-10-8-20(28)9-11-21)16-24(31)23(14-19-6-4-3-5-7-19)29-27(32)37-25-17-36-26-22(25)12-13-35-26/h3-11,18,22-26,31H,12-17,28H2,1-2H3,(H,29,32)/t22-,23-,24-,25-,26+/m0/s1/i1D3,2D3,15D2,16D2,18D,24D,25D,26D. The van der Waals surface area contributed by atoms with E-state index in [2.05, 4.69) is 0 Å². The lowest BCUT2D eigenvalue weighted by molar-refractivity contribution is -0.0907. The van der Waals surface area contributed by atoms with E-state index in [1.165, 1.54) is 24.3 Å². The molecule has 2 saturated heterocycles. The van der Waals surface area contributed by atoms with Gasteiger partial charge in [0.1, 0.15) is 6.08 Å². The van der Waals surface area contributed by atoms with E-state index in [1.807, 2.05) is 5.32 Å². The molecule has 38 heavy (non-hydrogen) atoms. The molecule has 2 aromatic carbocycles. The van der Waals surface area contributed by atoms with Crippen molar-refractivity contribution in [2.75, 3.05) is 31.9 Å². The van der Waals surface area contributed by atoms with Gasteiger partial charge < -0.3 is 30.4 Å². The molecule has 2 aliphatic heterocycles. The number of ether oxygens (including phenoxy) is 3. The van der Waals surface area contributed by atoms with Gasteiger partial charge in [0, 0.05) is 33.8 Å². The summed E-state index contributed by atoms with van der Waals surface area (Å²) >= 11 is 0. The van der Waals surface area contributed by atoms with E-state index in [4.69, 9.17) is 39.1 Å². The van der Waals surface area contributed by atoms with Crippen LogP contribution in [-0.2, 0) is 30.7 Å². The molecule has 2 aliphatic rings. The summed E-state index contributed by atoms with van der Waals surface area (Å²) in [6.45, 7) is -18.2. The maximum Gasteiger partial charge on any atom is 0.407 e. The molecule has 11 heteroatoms. The molecule has 0 unspecified atom stereocenters. The lowest BCUT2D eigenvalue weighted by atomic mass is 10.0. The Morgan fingerprint density at radius 3 is 2.71 bits per heavy atom. The Morgan fingerprint density at radius 1 is 1.26 bits per heavy atom. The summed E-state index contributed by atoms with van der Waals surface area (Å²) in [4.78, 5) is 12.4. The number of hydrogen-bond donors (Lipinski definition) is 3. The molecule has 5 atom stereocenters. The number of fused-ring (bicyclic) bond motifs is 1. The zero-order valence-electron chi connectivity index (χ0n) is 34.0. The predicted molar refractivity (Wildman–Crippen MR) is 142 cm³/mol. The molecule has 4 N–H and O–H groups in total. The number of amides is 1. The molecule has 0 radical (unpaired) electrons. The topological polar surface area (TPSA) is 140 Å². The molecule has 2 aromatic rings. The third-order valence-corrected chi connectivity index (χ3v) is 7.19. The number of nitrogens with two attached hydrogens (primary N) is 1. The van der Waals surface area contributed by atoms with Crippen molar-refractivity contribution in [2.24, 2.45) is 11.8 Å². The zero-order chi connectivity index (χ0) is 39.6. The van der Waals surface area contributed by atoms with Gasteiger partial charge in [-0.25, -0.2) is 13.2 Å². The lowest BCUT2D eigenvalue weighted by Crippen LogP contribution is -2.51. The van der Waals surface area contributed by atoms with Crippen molar-refractivity contribution in [1.29, 1.82) is 0 Å². The van der Waals surface area contributed by atoms with Gasteiger partial charge in [0.05, 0.1) is 40.3 Å². The highest BCUT2D eigenvalue weighted by molar-refractivity contribution is 7.89. The number of sulfonamides is 1. The van der Waals surface area contributed by atoms with Crippen molar-refractivity contribution in [3.63, 3.8) is 0 Å². The van der Waals surface area contributed by atoms with E-state index in [0.29, 0.717) is 0 Å². The predicted octanol–water partition coefficient (Wildman–Crippen LogP) is 2.38. The molecule has 2 fully saturated rings. The van der Waals surface area contributed by atoms with E-state index in [1.54, 1.807) is 6.07 Å². The van der Waals surface area contributed by atoms with Crippen LogP contribution >= 0.6 is 0 Å². The highest BCUT2D eigenvalue weighted by Gasteiger charge is 2.44. The highest BCUT2D eigenvalue weighted by Crippen LogP contribution is 2.33. The monoisotopic (exact) mass is 561 g/mol. The zero-order valence-corrected chi connectivity index (χ0v) is 20.8. The summed E-state index contributed by atoms with van der Waals surface area (Å²) < 4.78 is 160. The molecule has 208 valence electrons. The van der Waals surface area contributed by atoms with Crippen LogP contribution in [0.25, 0.3) is 0 Å². The van der Waals surface area contributed by atoms with Gasteiger partial charge in [-0.1, -0.05) is 44.0 Å². The van der Waals surface area contributed by atoms with Crippen LogP contribution in [0.1, 0.15) is 44.9 Å². The third-order valence-electron chi connectivity index (χ3n) is 5.66. The number of nitrogen functional groups attached to an aromatic ring is 1. The first-order chi connectivity index (χ1) is 23.5. The van der Waals surface area contributed by atoms with E-state index >= 15 is 0 Å². The molecular formula is C27H37N3O7S. The number of nitrogens with zero attached hydrogens (tertiary/aromatic N) is 1. The summed E-state index contributed by atoms with van der Waals surface area (Å²) in [7, 11) is -5.90. The number of carbonyl (C=O) groups is 1. The number of nitrogens with one attached hydrogen (secondary N) is 1. The molecule has 0 aliphatic carbocycles. The first kappa shape index (κ1) is 15.2. The van der Waals surface area contributed by atoms with E-state index in [9.17, 15) is 18.3 Å². The molecule has 0 aromatic heterocycles. The first-order valence-electron chi connectivity index (χ1n) is 18.4. The van der Waals surface area contributed by atoms with Gasteiger partial charge >= 0.3 is 6.09 Å². The van der Waals surface area contributed by atoms with Crippen LogP contribution in [0.4, 0.5) is 10.5 Å². The van der Waals surface area contributed by atoms with Crippen LogP contribution in [0.2, 0.25) is 0 Å². The molecule has 2 heterocycles. The Balaban J connectivity index is 1.90. The molecule has 1 amide bonds. The minimum absolute atomic E-state index is 0.0205. The normalized spacial score (nSPS) is 34.6. The van der Waals surface area contributed by atoms with Crippen molar-refractivity contribution in [1.82, 2.24) is 9.62 Å². The van der Waals surface area contributed by atoms with E-state index < -0.39 is 101 Å². The van der Waals surface area contributed by atoms with Gasteiger partial charge in [-0.2, -0.15) is 4.31 Å². The van der Waals surface area contributed by atoms with Crippen LogP contribution in [0.3, 0.4) is 0 Å². The van der Waals surface area contributed by atoms with Gasteiger partial charge in [-0.3, -0.25) is 0 Å². The van der Waals surface area contributed by atoms with Crippen LogP contribution in [-0.4, -0.2) is 74.6 Å². The minimum Gasteiger partial charge on any atom is -0.443 e. The lowest BCUT2D eigenvalue weighted by Gasteiger charge is -2.31. The average Bonchev–Trinajstić information content (AvgIpc) is 3.51. The van der Waals surface area contributed by atoms with Crippen molar-refractivity contribution in [2.45, 2.75) is 55.9 Å². The Morgan fingerprint density at radius 2 is 2.00 bits per heavy atom. The largest absolute Gasteiger partial charge is 0.443 e. The fraction of sp³-hybridized carbons (Fsp3) is 0.519. The highest BCUT2D eigenvalue weighted by atomic mass is 32.2. The Kier molecular flexibility index (Phi) is 4.97. The van der Waals surface area contributed by atoms with Crippen molar-refractivity contribution in [3.8, 4) is 0 Å². The Hall–Kier alpha value is -2.70. The number of hydrogen-bond acceptors (Lipinski definition) is 8. The van der Waals surface area contributed by atoms with Crippen molar-refractivity contribution < 1.29 is 51.7 Å². The Bertz CT molecular complexity index is 1720. The van der Waals surface area contributed by atoms with Gasteiger partial charge in [0.2, 0.25) is 10.0 Å². The van der Waals surface area contributed by atoms with E-state index in [-0.39, 0.29) is 24.3 Å². The second-order valence-corrected chi connectivity index (χ2v) is 10.1. The number of aliphatic hydroxyl groups is 1. The van der Waals surface area contributed by atoms with Gasteiger partial charge in [0.25, 0.3) is 0 Å². The third kappa shape index (κ3) is 7.03. The van der Waals surface area contributed by atoms with Crippen LogP contribution < -0.4 is 11.1 Å². The SMILES string of the molecule is [2H]C([2H])([2H])C([2H])(C([2H])([2H])[2H])C([2H])([2H])N(C([2H])([2H])[C@]([2H])(O)[C@H](Cc1ccccc1)NC(=O)O[C@@]1([2H])CO[C@@]2([2H])OCC[C@H]21)S(=O)(=O)c1ccc(N)cc1. The van der Waals surface area contributed by atoms with Crippen LogP contribution in [0.15, 0.2) is 59.5 Å². The summed E-state index contributed by atoms with van der Waals surface area (Å²) in [5.74, 6) is -5.62. The Labute approximate surface area is 243 Å². The number of carbonyl (C=O) groups excluding carboxylic acids is 1. The minimum atomic E-state index is -5.90. The van der Waals surface area contributed by atoms with Gasteiger partial charge in [-0.15, -0.1) is 0 Å². The smallest absolute Gasteiger partial charge is 0.407 e.